The third kappa shape index (κ3) is 22.9. The first-order chi connectivity index (χ1) is 22.6. The molecule has 1 atom stereocenters. The fraction of sp³-hybridized carbons (Fsp3) is 0.929. The van der Waals surface area contributed by atoms with Gasteiger partial charge in [-0.1, -0.05) is 149 Å². The number of carbonyl (C=O) groups is 3. The lowest BCUT2D eigenvalue weighted by atomic mass is 9.77. The van der Waals surface area contributed by atoms with Crippen molar-refractivity contribution in [2.45, 2.75) is 234 Å². The molecule has 0 aliphatic carbocycles. The Bertz CT molecular complexity index is 798. The Labute approximate surface area is 297 Å². The van der Waals surface area contributed by atoms with Crippen molar-refractivity contribution in [3.8, 4) is 0 Å². The van der Waals surface area contributed by atoms with E-state index in [-0.39, 0.29) is 5.92 Å². The third-order valence-corrected chi connectivity index (χ3v) is 9.65. The van der Waals surface area contributed by atoms with Gasteiger partial charge in [0.15, 0.2) is 5.41 Å². The van der Waals surface area contributed by atoms with Crippen LogP contribution in [0.15, 0.2) is 0 Å². The van der Waals surface area contributed by atoms with Crippen molar-refractivity contribution >= 4 is 17.9 Å². The molecular formula is C42H80O6. The Kier molecular flexibility index (Phi) is 25.4. The van der Waals surface area contributed by atoms with Crippen LogP contribution >= 0.6 is 0 Å². The Morgan fingerprint density at radius 1 is 0.479 bits per heavy atom. The van der Waals surface area contributed by atoms with Gasteiger partial charge < -0.3 is 14.6 Å². The van der Waals surface area contributed by atoms with Crippen molar-refractivity contribution < 1.29 is 29.0 Å². The van der Waals surface area contributed by atoms with Crippen molar-refractivity contribution in [1.82, 2.24) is 0 Å². The van der Waals surface area contributed by atoms with Crippen LogP contribution in [0.2, 0.25) is 0 Å². The summed E-state index contributed by atoms with van der Waals surface area (Å²) in [6.07, 6.45) is 25.5. The number of carbonyl (C=O) groups excluding carboxylic acids is 2. The Hall–Kier alpha value is -1.59. The van der Waals surface area contributed by atoms with E-state index >= 15 is 0 Å². The summed E-state index contributed by atoms with van der Waals surface area (Å²) in [6, 6.07) is 0. The molecule has 0 fully saturated rings. The Morgan fingerprint density at radius 3 is 1.23 bits per heavy atom. The van der Waals surface area contributed by atoms with Crippen LogP contribution in [0.25, 0.3) is 0 Å². The summed E-state index contributed by atoms with van der Waals surface area (Å²) in [5, 5.41) is 9.96. The highest BCUT2D eigenvalue weighted by atomic mass is 16.6. The van der Waals surface area contributed by atoms with Crippen LogP contribution in [-0.2, 0) is 23.9 Å². The molecule has 0 bridgehead atoms. The lowest BCUT2D eigenvalue weighted by Gasteiger charge is -2.35. The number of carboxylic acids is 1. The third-order valence-electron chi connectivity index (χ3n) is 9.65. The number of hydrogen-bond donors (Lipinski definition) is 1. The zero-order valence-corrected chi connectivity index (χ0v) is 33.3. The van der Waals surface area contributed by atoms with E-state index in [1.807, 2.05) is 41.5 Å². The summed E-state index contributed by atoms with van der Waals surface area (Å²) >= 11 is 0. The highest BCUT2D eigenvalue weighted by Crippen LogP contribution is 2.38. The van der Waals surface area contributed by atoms with Crippen LogP contribution in [0.3, 0.4) is 0 Å². The van der Waals surface area contributed by atoms with Crippen molar-refractivity contribution in [2.75, 3.05) is 0 Å². The van der Waals surface area contributed by atoms with E-state index in [1.165, 1.54) is 77.0 Å². The van der Waals surface area contributed by atoms with Gasteiger partial charge in [-0.15, -0.1) is 0 Å². The van der Waals surface area contributed by atoms with E-state index in [2.05, 4.69) is 20.8 Å². The highest BCUT2D eigenvalue weighted by molar-refractivity contribution is 6.00. The fourth-order valence-corrected chi connectivity index (χ4v) is 6.73. The number of aliphatic carboxylic acids is 1. The van der Waals surface area contributed by atoms with Crippen molar-refractivity contribution in [2.24, 2.45) is 17.3 Å². The van der Waals surface area contributed by atoms with Gasteiger partial charge in [-0.3, -0.25) is 14.4 Å². The molecule has 6 nitrogen and oxygen atoms in total. The number of unbranched alkanes of at least 4 members (excludes halogenated alkanes) is 14. The summed E-state index contributed by atoms with van der Waals surface area (Å²) in [4.78, 5) is 39.7. The first-order valence-corrected chi connectivity index (χ1v) is 20.3. The lowest BCUT2D eigenvalue weighted by Crippen LogP contribution is -2.46. The molecule has 6 heteroatoms. The molecule has 0 spiro atoms. The minimum atomic E-state index is -1.30. The monoisotopic (exact) mass is 681 g/mol. The summed E-state index contributed by atoms with van der Waals surface area (Å²) < 4.78 is 11.8. The molecule has 0 saturated carbocycles. The summed E-state index contributed by atoms with van der Waals surface area (Å²) in [5.74, 6) is -1.18. The van der Waals surface area contributed by atoms with Crippen molar-refractivity contribution in [1.29, 1.82) is 0 Å². The molecule has 0 saturated heterocycles. The van der Waals surface area contributed by atoms with E-state index in [0.29, 0.717) is 18.8 Å². The van der Waals surface area contributed by atoms with Gasteiger partial charge in [-0.05, 0) is 79.6 Å². The molecule has 0 aliphatic heterocycles. The van der Waals surface area contributed by atoms with E-state index in [0.717, 1.165) is 70.6 Å². The predicted molar refractivity (Wildman–Crippen MR) is 201 cm³/mol. The normalized spacial score (nSPS) is 13.1. The molecule has 48 heavy (non-hydrogen) atoms. The molecule has 1 N–H and O–H groups in total. The van der Waals surface area contributed by atoms with Gasteiger partial charge in [0, 0.05) is 0 Å². The second kappa shape index (κ2) is 26.3. The van der Waals surface area contributed by atoms with Crippen LogP contribution in [0.5, 0.6) is 0 Å². The zero-order valence-electron chi connectivity index (χ0n) is 33.3. The number of rotatable bonds is 30. The molecule has 0 aromatic heterocycles. The Balaban J connectivity index is 5.25. The minimum absolute atomic E-state index is 0.265. The molecule has 0 aliphatic rings. The lowest BCUT2D eigenvalue weighted by molar-refractivity contribution is -0.187. The first kappa shape index (κ1) is 46.4. The fourth-order valence-electron chi connectivity index (χ4n) is 6.73. The van der Waals surface area contributed by atoms with Gasteiger partial charge in [-0.2, -0.15) is 0 Å². The van der Waals surface area contributed by atoms with Crippen LogP contribution in [0, 0.1) is 17.3 Å². The largest absolute Gasteiger partial charge is 0.481 e. The number of carboxylic acid groups (broad SMARTS) is 1. The molecule has 0 radical (unpaired) electrons. The van der Waals surface area contributed by atoms with Gasteiger partial charge in [0.1, 0.15) is 11.2 Å². The number of ether oxygens (including phenoxy) is 2. The van der Waals surface area contributed by atoms with Crippen LogP contribution in [-0.4, -0.2) is 34.2 Å². The number of hydrogen-bond acceptors (Lipinski definition) is 5. The second-order valence-electron chi connectivity index (χ2n) is 16.7. The van der Waals surface area contributed by atoms with Gasteiger partial charge in [-0.25, -0.2) is 0 Å². The summed E-state index contributed by atoms with van der Waals surface area (Å²) in [5.41, 5.74) is -2.70. The SMILES string of the molecule is CCCCCCCCCC(CCCCCCCC(CCC(CCCCC)CCCCC)C(=O)O)(C(=O)OC(C)(C)C)C(=O)OC(C)(C)C. The van der Waals surface area contributed by atoms with E-state index < -0.39 is 34.5 Å². The van der Waals surface area contributed by atoms with E-state index in [4.69, 9.17) is 9.47 Å². The Morgan fingerprint density at radius 2 is 0.833 bits per heavy atom. The molecule has 0 heterocycles. The summed E-state index contributed by atoms with van der Waals surface area (Å²) in [6.45, 7) is 17.8. The smallest absolute Gasteiger partial charge is 0.324 e. The molecule has 1 unspecified atom stereocenters. The van der Waals surface area contributed by atoms with E-state index in [9.17, 15) is 19.5 Å². The molecular weight excluding hydrogens is 600 g/mol. The average Bonchev–Trinajstić information content (AvgIpc) is 2.98. The standard InChI is InChI=1S/C42H80O6/c1-10-13-16-17-18-21-26-33-42(38(45)47-40(4,5)6,39(46)48-41(7,8)9)34-27-22-19-20-25-30-36(37(43)44)32-31-35(28-23-14-11-2)29-24-15-12-3/h35-36H,10-34H2,1-9H3,(H,43,44). The first-order valence-electron chi connectivity index (χ1n) is 20.3. The molecule has 0 amide bonds. The van der Waals surface area contributed by atoms with Gasteiger partial charge in [0.25, 0.3) is 0 Å². The molecule has 0 aromatic carbocycles. The van der Waals surface area contributed by atoms with Gasteiger partial charge >= 0.3 is 17.9 Å². The topological polar surface area (TPSA) is 89.9 Å². The van der Waals surface area contributed by atoms with Crippen LogP contribution in [0.4, 0.5) is 0 Å². The maximum atomic E-state index is 13.8. The predicted octanol–water partition coefficient (Wildman–Crippen LogP) is 12.8. The van der Waals surface area contributed by atoms with Gasteiger partial charge in [0.2, 0.25) is 0 Å². The minimum Gasteiger partial charge on any atom is -0.481 e. The van der Waals surface area contributed by atoms with Crippen LogP contribution in [0.1, 0.15) is 223 Å². The average molecular weight is 681 g/mol. The molecule has 284 valence electrons. The molecule has 0 rings (SSSR count). The van der Waals surface area contributed by atoms with Crippen molar-refractivity contribution in [3.05, 3.63) is 0 Å². The number of esters is 2. The highest BCUT2D eigenvalue weighted by Gasteiger charge is 2.50. The van der Waals surface area contributed by atoms with Crippen molar-refractivity contribution in [3.63, 3.8) is 0 Å². The zero-order chi connectivity index (χ0) is 36.5. The van der Waals surface area contributed by atoms with E-state index in [1.54, 1.807) is 0 Å². The maximum Gasteiger partial charge on any atom is 0.324 e. The van der Waals surface area contributed by atoms with Crippen LogP contribution < -0.4 is 0 Å². The summed E-state index contributed by atoms with van der Waals surface area (Å²) in [7, 11) is 0. The second-order valence-corrected chi connectivity index (χ2v) is 16.7. The maximum absolute atomic E-state index is 13.8. The van der Waals surface area contributed by atoms with Gasteiger partial charge in [0.05, 0.1) is 5.92 Å². The molecule has 0 aromatic rings. The quantitative estimate of drug-likeness (QED) is 0.0461.